The number of benzene rings is 1. The summed E-state index contributed by atoms with van der Waals surface area (Å²) in [7, 11) is -4.61. The molecule has 1 heterocycles. The van der Waals surface area contributed by atoms with Gasteiger partial charge in [0.25, 0.3) is 15.7 Å². The Morgan fingerprint density at radius 3 is 2.48 bits per heavy atom. The van der Waals surface area contributed by atoms with Crippen molar-refractivity contribution in [3.8, 4) is 0 Å². The van der Waals surface area contributed by atoms with Gasteiger partial charge in [0, 0.05) is 5.71 Å². The molecule has 9 heteroatoms. The minimum absolute atomic E-state index is 0.0512. The van der Waals surface area contributed by atoms with Gasteiger partial charge in [-0.1, -0.05) is 24.6 Å². The van der Waals surface area contributed by atoms with Crippen LogP contribution in [0.5, 0.6) is 0 Å². The molecule has 1 N–H and O–H groups in total. The maximum Gasteiger partial charge on any atom is 0.439 e. The zero-order valence-electron chi connectivity index (χ0n) is 12.0. The van der Waals surface area contributed by atoms with Gasteiger partial charge in [-0.2, -0.15) is 26.7 Å². The van der Waals surface area contributed by atoms with Crippen molar-refractivity contribution in [2.24, 2.45) is 11.0 Å². The van der Waals surface area contributed by atoms with Crippen LogP contribution in [0.2, 0.25) is 0 Å². The maximum absolute atomic E-state index is 13.6. The van der Waals surface area contributed by atoms with Gasteiger partial charge in [0.05, 0.1) is 10.8 Å². The van der Waals surface area contributed by atoms with Crippen molar-refractivity contribution in [2.75, 3.05) is 0 Å². The van der Waals surface area contributed by atoms with E-state index in [4.69, 9.17) is 0 Å². The molecular formula is C14H15F3N2O3S. The molecule has 23 heavy (non-hydrogen) atoms. The fourth-order valence-electron chi connectivity index (χ4n) is 3.11. The highest BCUT2D eigenvalue weighted by atomic mass is 32.2. The lowest BCUT2D eigenvalue weighted by molar-refractivity contribution is -0.306. The fourth-order valence-corrected chi connectivity index (χ4v) is 4.62. The lowest BCUT2D eigenvalue weighted by atomic mass is 9.81. The van der Waals surface area contributed by atoms with Gasteiger partial charge in [-0.3, -0.25) is 0 Å². The van der Waals surface area contributed by atoms with Crippen molar-refractivity contribution in [2.45, 2.75) is 42.5 Å². The highest BCUT2D eigenvalue weighted by Gasteiger charge is 2.69. The first-order valence-electron chi connectivity index (χ1n) is 7.16. The van der Waals surface area contributed by atoms with E-state index in [-0.39, 0.29) is 27.9 Å². The average Bonchev–Trinajstić information content (AvgIpc) is 2.84. The molecular weight excluding hydrogens is 333 g/mol. The van der Waals surface area contributed by atoms with Crippen molar-refractivity contribution in [3.63, 3.8) is 0 Å². The zero-order valence-corrected chi connectivity index (χ0v) is 12.8. The summed E-state index contributed by atoms with van der Waals surface area (Å²) >= 11 is 0. The van der Waals surface area contributed by atoms with E-state index in [9.17, 15) is 26.7 Å². The number of hydrazone groups is 1. The van der Waals surface area contributed by atoms with Crippen LogP contribution >= 0.6 is 0 Å². The third kappa shape index (κ3) is 2.33. The summed E-state index contributed by atoms with van der Waals surface area (Å²) in [5, 5.41) is 14.1. The molecule has 0 radical (unpaired) electrons. The predicted molar refractivity (Wildman–Crippen MR) is 75.9 cm³/mol. The Labute approximate surface area is 131 Å². The molecule has 2 aliphatic rings. The first-order chi connectivity index (χ1) is 10.7. The average molecular weight is 348 g/mol. The lowest BCUT2D eigenvalue weighted by Gasteiger charge is -2.38. The Bertz CT molecular complexity index is 733. The van der Waals surface area contributed by atoms with E-state index >= 15 is 0 Å². The fraction of sp³-hybridized carbons (Fsp3) is 0.500. The van der Waals surface area contributed by atoms with Crippen LogP contribution in [0.4, 0.5) is 13.2 Å². The van der Waals surface area contributed by atoms with Crippen LogP contribution in [0, 0.1) is 5.92 Å². The third-order valence-corrected chi connectivity index (χ3v) is 5.94. The summed E-state index contributed by atoms with van der Waals surface area (Å²) in [4.78, 5) is -0.342. The molecule has 0 aromatic heterocycles. The Hall–Kier alpha value is -1.61. The maximum atomic E-state index is 13.6. The first-order valence-corrected chi connectivity index (χ1v) is 8.60. The van der Waals surface area contributed by atoms with Gasteiger partial charge in [-0.05, 0) is 31.4 Å². The second-order valence-electron chi connectivity index (χ2n) is 5.67. The highest BCUT2D eigenvalue weighted by Crippen LogP contribution is 2.49. The lowest BCUT2D eigenvalue weighted by Crippen LogP contribution is -2.61. The van der Waals surface area contributed by atoms with Crippen molar-refractivity contribution in [3.05, 3.63) is 30.3 Å². The van der Waals surface area contributed by atoms with Gasteiger partial charge in [0.2, 0.25) is 0 Å². The zero-order chi connectivity index (χ0) is 16.9. The van der Waals surface area contributed by atoms with Crippen LogP contribution in [0.15, 0.2) is 40.3 Å². The summed E-state index contributed by atoms with van der Waals surface area (Å²) < 4.78 is 65.8. The minimum Gasteiger partial charge on any atom is -0.361 e. The molecule has 0 unspecified atom stereocenters. The molecule has 0 spiro atoms. The van der Waals surface area contributed by atoms with Gasteiger partial charge in [0.1, 0.15) is 0 Å². The monoisotopic (exact) mass is 348 g/mol. The van der Waals surface area contributed by atoms with Gasteiger partial charge < -0.3 is 5.11 Å². The topological polar surface area (TPSA) is 70.0 Å². The highest BCUT2D eigenvalue weighted by molar-refractivity contribution is 7.89. The molecule has 1 aromatic carbocycles. The number of fused-ring (bicyclic) bond motifs is 1. The van der Waals surface area contributed by atoms with Crippen molar-refractivity contribution in [1.29, 1.82) is 0 Å². The number of alkyl halides is 3. The smallest absolute Gasteiger partial charge is 0.361 e. The van der Waals surface area contributed by atoms with Gasteiger partial charge in [0.15, 0.2) is 0 Å². The molecule has 1 saturated carbocycles. The Kier molecular flexibility index (Phi) is 3.68. The summed E-state index contributed by atoms with van der Waals surface area (Å²) in [6.45, 7) is 0. The molecule has 0 amide bonds. The molecule has 126 valence electrons. The Morgan fingerprint density at radius 1 is 1.22 bits per heavy atom. The number of nitrogens with zero attached hydrogens (tertiary/aromatic N) is 2. The Morgan fingerprint density at radius 2 is 1.87 bits per heavy atom. The SMILES string of the molecule is O=S(=O)(c1ccccc1)N1N=C2CCCC[C@H]2[C@@]1(O)C(F)(F)F. The van der Waals surface area contributed by atoms with Crippen molar-refractivity contribution < 1.29 is 26.7 Å². The van der Waals surface area contributed by atoms with E-state index in [2.05, 4.69) is 5.10 Å². The molecule has 0 bridgehead atoms. The number of hydrogen-bond donors (Lipinski definition) is 1. The summed E-state index contributed by atoms with van der Waals surface area (Å²) in [6.07, 6.45) is -3.73. The number of aliphatic hydroxyl groups is 1. The first kappa shape index (κ1) is 16.3. The molecule has 2 atom stereocenters. The number of halogens is 3. The van der Waals surface area contributed by atoms with Crippen LogP contribution in [-0.4, -0.2) is 35.6 Å². The summed E-state index contributed by atoms with van der Waals surface area (Å²) in [5.41, 5.74) is -3.44. The quantitative estimate of drug-likeness (QED) is 0.893. The van der Waals surface area contributed by atoms with E-state index < -0.39 is 27.8 Å². The van der Waals surface area contributed by atoms with E-state index in [0.717, 1.165) is 0 Å². The molecule has 1 aromatic rings. The largest absolute Gasteiger partial charge is 0.439 e. The number of hydrogen-bond acceptors (Lipinski definition) is 4. The van der Waals surface area contributed by atoms with Crippen molar-refractivity contribution in [1.82, 2.24) is 4.41 Å². The second kappa shape index (κ2) is 5.20. The minimum atomic E-state index is -5.15. The van der Waals surface area contributed by atoms with E-state index in [1.54, 1.807) is 6.07 Å². The van der Waals surface area contributed by atoms with Gasteiger partial charge >= 0.3 is 6.18 Å². The van der Waals surface area contributed by atoms with Crippen molar-refractivity contribution >= 4 is 15.7 Å². The van der Waals surface area contributed by atoms with Crippen LogP contribution in [0.3, 0.4) is 0 Å². The molecule has 1 aliphatic carbocycles. The van der Waals surface area contributed by atoms with E-state index in [1.807, 2.05) is 0 Å². The molecule has 0 saturated heterocycles. The molecule has 3 rings (SSSR count). The van der Waals surface area contributed by atoms with Crippen LogP contribution in [0.1, 0.15) is 25.7 Å². The van der Waals surface area contributed by atoms with Crippen LogP contribution in [-0.2, 0) is 10.0 Å². The van der Waals surface area contributed by atoms with E-state index in [0.29, 0.717) is 12.8 Å². The standard InChI is InChI=1S/C14H15F3N2O3S/c15-14(16,17)13(20)11-8-4-5-9-12(11)18-19(13)23(21,22)10-6-2-1-3-7-10/h1-3,6-7,11,20H,4-5,8-9H2/t11-,13-/m1/s1. The van der Waals surface area contributed by atoms with Crippen LogP contribution in [0.25, 0.3) is 0 Å². The number of sulfonamides is 1. The third-order valence-electron chi connectivity index (χ3n) is 4.26. The summed E-state index contributed by atoms with van der Waals surface area (Å²) in [5.74, 6) is -1.35. The second-order valence-corrected chi connectivity index (χ2v) is 7.44. The van der Waals surface area contributed by atoms with Gasteiger partial charge in [-0.25, -0.2) is 0 Å². The molecule has 5 nitrogen and oxygen atoms in total. The van der Waals surface area contributed by atoms with Crippen LogP contribution < -0.4 is 0 Å². The summed E-state index contributed by atoms with van der Waals surface area (Å²) in [6, 6.07) is 6.69. The van der Waals surface area contributed by atoms with E-state index in [1.165, 1.54) is 24.3 Å². The molecule has 1 aliphatic heterocycles. The number of rotatable bonds is 2. The normalized spacial score (nSPS) is 28.4. The predicted octanol–water partition coefficient (Wildman–Crippen LogP) is 2.49. The molecule has 1 fully saturated rings. The Balaban J connectivity index is 2.14. The van der Waals surface area contributed by atoms with Gasteiger partial charge in [-0.15, -0.1) is 4.41 Å².